The molecule has 2 aromatic carbocycles. The molecule has 0 spiro atoms. The number of benzene rings is 2. The summed E-state index contributed by atoms with van der Waals surface area (Å²) in [4.78, 5) is 13.8. The summed E-state index contributed by atoms with van der Waals surface area (Å²) in [6, 6.07) is 21.7. The Bertz CT molecular complexity index is 598. The second-order valence-corrected chi connectivity index (χ2v) is 6.74. The molecule has 2 heterocycles. The van der Waals surface area contributed by atoms with Crippen LogP contribution < -0.4 is 0 Å². The third kappa shape index (κ3) is 3.50. The Balaban J connectivity index is 0.00000182. The molecule has 4 heteroatoms. The third-order valence-electron chi connectivity index (χ3n) is 5.40. The topological polar surface area (TPSA) is 21.7 Å². The highest BCUT2D eigenvalue weighted by Crippen LogP contribution is 2.44. The molecule has 2 fully saturated rings. The van der Waals surface area contributed by atoms with Crippen molar-refractivity contribution in [1.29, 1.82) is 0 Å². The number of halogens is 1. The number of rotatable bonds is 4. The van der Waals surface area contributed by atoms with Crippen molar-refractivity contribution < 1.29 is 9.78 Å². The summed E-state index contributed by atoms with van der Waals surface area (Å²) in [5.41, 5.74) is 2.32. The molecule has 0 aliphatic carbocycles. The summed E-state index contributed by atoms with van der Waals surface area (Å²) in [5, 5.41) is 0. The molecule has 0 saturated carbocycles. The highest BCUT2D eigenvalue weighted by atomic mass is 127. The van der Waals surface area contributed by atoms with E-state index >= 15 is 0 Å². The van der Waals surface area contributed by atoms with E-state index in [2.05, 4.69) is 65.6 Å². The molecule has 1 atom stereocenters. The van der Waals surface area contributed by atoms with Crippen molar-refractivity contribution in [2.75, 3.05) is 19.7 Å². The van der Waals surface area contributed by atoms with Gasteiger partial charge in [0, 0.05) is 6.42 Å². The van der Waals surface area contributed by atoms with E-state index in [0.717, 1.165) is 19.5 Å². The molecule has 2 aliphatic rings. The number of likely N-dealkylation sites (tertiary alicyclic amines) is 1. The van der Waals surface area contributed by atoms with Crippen LogP contribution in [0.5, 0.6) is 0 Å². The summed E-state index contributed by atoms with van der Waals surface area (Å²) in [6.07, 6.45) is 4.74. The molecule has 2 saturated heterocycles. The van der Waals surface area contributed by atoms with Gasteiger partial charge in [-0.1, -0.05) is 67.1 Å². The van der Waals surface area contributed by atoms with Crippen LogP contribution in [0.2, 0.25) is 0 Å². The maximum absolute atomic E-state index is 5.84. The molecule has 0 N–H and O–H groups in total. The van der Waals surface area contributed by atoms with Crippen molar-refractivity contribution in [1.82, 2.24) is 4.90 Å². The maximum atomic E-state index is 5.84. The van der Waals surface area contributed by atoms with E-state index in [-0.39, 0.29) is 35.6 Å². The molecular formula is C21H26INO2. The molecule has 0 amide bonds. The van der Waals surface area contributed by atoms with Gasteiger partial charge in [-0.05, 0) is 37.1 Å². The second-order valence-electron chi connectivity index (χ2n) is 6.74. The van der Waals surface area contributed by atoms with Crippen LogP contribution >= 0.6 is 24.0 Å². The minimum atomic E-state index is -0.278. The summed E-state index contributed by atoms with van der Waals surface area (Å²) in [7, 11) is 0. The van der Waals surface area contributed by atoms with E-state index in [1.807, 2.05) is 0 Å². The lowest BCUT2D eigenvalue weighted by molar-refractivity contribution is -0.293. The summed E-state index contributed by atoms with van der Waals surface area (Å²) in [6.45, 7) is 2.87. The van der Waals surface area contributed by atoms with E-state index in [0.29, 0.717) is 6.61 Å². The van der Waals surface area contributed by atoms with Crippen LogP contribution in [0.15, 0.2) is 60.7 Å². The van der Waals surface area contributed by atoms with Crippen molar-refractivity contribution in [2.24, 2.45) is 0 Å². The van der Waals surface area contributed by atoms with Gasteiger partial charge in [0.1, 0.15) is 11.6 Å². The smallest absolute Gasteiger partial charge is 0.122 e. The van der Waals surface area contributed by atoms with E-state index in [1.54, 1.807) is 0 Å². The van der Waals surface area contributed by atoms with Gasteiger partial charge in [0.05, 0.1) is 6.61 Å². The van der Waals surface area contributed by atoms with Gasteiger partial charge < -0.3 is 0 Å². The number of hydrogen-bond acceptors (Lipinski definition) is 3. The molecule has 4 rings (SSSR count). The summed E-state index contributed by atoms with van der Waals surface area (Å²) < 4.78 is 0. The van der Waals surface area contributed by atoms with Crippen LogP contribution in [-0.2, 0) is 15.3 Å². The van der Waals surface area contributed by atoms with Gasteiger partial charge in [-0.2, -0.15) is 0 Å². The van der Waals surface area contributed by atoms with Gasteiger partial charge in [-0.3, -0.25) is 4.90 Å². The van der Waals surface area contributed by atoms with E-state index in [1.165, 1.54) is 30.4 Å². The number of piperidine rings is 1. The molecule has 0 aromatic heterocycles. The fraction of sp³-hybridized carbons (Fsp3) is 0.429. The van der Waals surface area contributed by atoms with Gasteiger partial charge in [0.15, 0.2) is 0 Å². The van der Waals surface area contributed by atoms with Crippen LogP contribution in [0.1, 0.15) is 36.8 Å². The molecular weight excluding hydrogens is 425 g/mol. The lowest BCUT2D eigenvalue weighted by Gasteiger charge is -2.49. The zero-order chi connectivity index (χ0) is 16.2. The van der Waals surface area contributed by atoms with Crippen LogP contribution in [0.4, 0.5) is 0 Å². The quantitative estimate of drug-likeness (QED) is 0.495. The normalized spacial score (nSPS) is 21.7. The summed E-state index contributed by atoms with van der Waals surface area (Å²) in [5.74, 6) is 0. The average molecular weight is 451 g/mol. The monoisotopic (exact) mass is 451 g/mol. The predicted octanol–water partition coefficient (Wildman–Crippen LogP) is 4.75. The Kier molecular flexibility index (Phi) is 6.49. The van der Waals surface area contributed by atoms with Gasteiger partial charge >= 0.3 is 0 Å². The second kappa shape index (κ2) is 8.62. The Morgan fingerprint density at radius 3 is 1.84 bits per heavy atom. The van der Waals surface area contributed by atoms with Crippen molar-refractivity contribution in [2.45, 2.75) is 37.3 Å². The first kappa shape index (κ1) is 18.8. The lowest BCUT2D eigenvalue weighted by atomic mass is 9.75. The van der Waals surface area contributed by atoms with Crippen molar-refractivity contribution in [3.63, 3.8) is 0 Å². The first-order chi connectivity index (χ1) is 11.9. The largest absolute Gasteiger partial charge is 0.288 e. The van der Waals surface area contributed by atoms with Crippen LogP contribution in [0.3, 0.4) is 0 Å². The van der Waals surface area contributed by atoms with Crippen LogP contribution in [0.25, 0.3) is 0 Å². The molecule has 25 heavy (non-hydrogen) atoms. The SMILES string of the molecule is I.c1ccc(C(c2ccccc2)(C2CCOO2)N2CCCCC2)cc1. The average Bonchev–Trinajstić information content (AvgIpc) is 3.20. The van der Waals surface area contributed by atoms with Gasteiger partial charge in [0.25, 0.3) is 0 Å². The minimum absolute atomic E-state index is 0. The van der Waals surface area contributed by atoms with Crippen molar-refractivity contribution >= 4 is 24.0 Å². The van der Waals surface area contributed by atoms with Crippen molar-refractivity contribution in [3.05, 3.63) is 71.8 Å². The van der Waals surface area contributed by atoms with E-state index in [4.69, 9.17) is 9.78 Å². The minimum Gasteiger partial charge on any atom is -0.288 e. The fourth-order valence-electron chi connectivity index (χ4n) is 4.35. The maximum Gasteiger partial charge on any atom is 0.122 e. The highest BCUT2D eigenvalue weighted by molar-refractivity contribution is 14.0. The molecule has 134 valence electrons. The van der Waals surface area contributed by atoms with E-state index in [9.17, 15) is 0 Å². The Labute approximate surface area is 167 Å². The molecule has 2 aliphatic heterocycles. The zero-order valence-corrected chi connectivity index (χ0v) is 16.8. The number of hydrogen-bond donors (Lipinski definition) is 0. The predicted molar refractivity (Wildman–Crippen MR) is 110 cm³/mol. The fourth-order valence-corrected chi connectivity index (χ4v) is 4.35. The molecule has 1 unspecified atom stereocenters. The third-order valence-corrected chi connectivity index (χ3v) is 5.40. The number of nitrogens with zero attached hydrogens (tertiary/aromatic N) is 1. The van der Waals surface area contributed by atoms with Gasteiger partial charge in [-0.25, -0.2) is 9.78 Å². The highest BCUT2D eigenvalue weighted by Gasteiger charge is 2.50. The van der Waals surface area contributed by atoms with Gasteiger partial charge in [-0.15, -0.1) is 24.0 Å². The molecule has 0 radical (unpaired) electrons. The molecule has 2 aromatic rings. The Morgan fingerprint density at radius 1 is 0.800 bits per heavy atom. The lowest BCUT2D eigenvalue weighted by Crippen LogP contribution is -2.56. The first-order valence-electron chi connectivity index (χ1n) is 9.07. The van der Waals surface area contributed by atoms with E-state index < -0.39 is 0 Å². The first-order valence-corrected chi connectivity index (χ1v) is 9.07. The zero-order valence-electron chi connectivity index (χ0n) is 14.5. The Morgan fingerprint density at radius 2 is 1.36 bits per heavy atom. The Hall–Kier alpha value is -0.950. The molecule has 0 bridgehead atoms. The van der Waals surface area contributed by atoms with Crippen LogP contribution in [-0.4, -0.2) is 30.7 Å². The van der Waals surface area contributed by atoms with Crippen molar-refractivity contribution in [3.8, 4) is 0 Å². The van der Waals surface area contributed by atoms with Crippen LogP contribution in [0, 0.1) is 0 Å². The van der Waals surface area contributed by atoms with Gasteiger partial charge in [0.2, 0.25) is 0 Å². The standard InChI is InChI=1S/C21H25NO2.HI/c1-4-10-18(11-5-1)21(20-14-17-23-24-20,19-12-6-2-7-13-19)22-15-8-3-9-16-22;/h1-2,4-7,10-13,20H,3,8-9,14-17H2;1H. The summed E-state index contributed by atoms with van der Waals surface area (Å²) >= 11 is 0. The molecule has 3 nitrogen and oxygen atoms in total.